The van der Waals surface area contributed by atoms with E-state index in [0.29, 0.717) is 0 Å². The highest BCUT2D eigenvalue weighted by atomic mass is 16.5. The zero-order chi connectivity index (χ0) is 23.6. The summed E-state index contributed by atoms with van der Waals surface area (Å²) in [4.78, 5) is 19.9. The highest BCUT2D eigenvalue weighted by Crippen LogP contribution is 2.33. The van der Waals surface area contributed by atoms with Gasteiger partial charge in [0.1, 0.15) is 5.65 Å². The number of nitrogens with zero attached hydrogens (tertiary/aromatic N) is 4. The number of ether oxygens (including phenoxy) is 1. The highest BCUT2D eigenvalue weighted by molar-refractivity contribution is 5.95. The van der Waals surface area contributed by atoms with Gasteiger partial charge in [-0.05, 0) is 60.0 Å². The first-order valence-corrected chi connectivity index (χ1v) is 12.0. The zero-order valence-electron chi connectivity index (χ0n) is 19.7. The smallest absolute Gasteiger partial charge is 0.138 e. The van der Waals surface area contributed by atoms with Crippen LogP contribution in [0, 0.1) is 6.92 Å². The van der Waals surface area contributed by atoms with E-state index >= 15 is 0 Å². The predicted molar refractivity (Wildman–Crippen MR) is 139 cm³/mol. The van der Waals surface area contributed by atoms with Gasteiger partial charge in [-0.1, -0.05) is 24.3 Å². The third-order valence-electron chi connectivity index (χ3n) is 6.50. The number of morpholine rings is 1. The molecule has 5 aromatic rings. The molecule has 4 aromatic heterocycles. The van der Waals surface area contributed by atoms with Crippen LogP contribution in [0.2, 0.25) is 0 Å². The lowest BCUT2D eigenvalue weighted by Gasteiger charge is -2.26. The molecule has 0 saturated carbocycles. The topological polar surface area (TPSA) is 66.9 Å². The predicted octanol–water partition coefficient (Wildman–Crippen LogP) is 5.49. The lowest BCUT2D eigenvalue weighted by molar-refractivity contribution is 0.0342. The molecule has 6 nitrogen and oxygen atoms in total. The van der Waals surface area contributed by atoms with Crippen LogP contribution in [0.5, 0.6) is 0 Å². The van der Waals surface area contributed by atoms with E-state index in [4.69, 9.17) is 9.72 Å². The monoisotopic (exact) mass is 461 g/mol. The first-order valence-electron chi connectivity index (χ1n) is 12.0. The molecular weight excluding hydrogens is 434 g/mol. The maximum absolute atomic E-state index is 5.49. The van der Waals surface area contributed by atoms with E-state index in [1.54, 1.807) is 0 Å². The average molecular weight is 462 g/mol. The van der Waals surface area contributed by atoms with Crippen LogP contribution in [0.15, 0.2) is 79.3 Å². The third-order valence-corrected chi connectivity index (χ3v) is 6.50. The Kier molecular flexibility index (Phi) is 5.82. The Bertz CT molecular complexity index is 1490. The number of hydrogen-bond acceptors (Lipinski definition) is 5. The molecule has 1 fully saturated rings. The van der Waals surface area contributed by atoms with Crippen LogP contribution in [0.25, 0.3) is 44.7 Å². The second kappa shape index (κ2) is 9.41. The van der Waals surface area contributed by atoms with Gasteiger partial charge >= 0.3 is 0 Å². The number of H-pyrrole nitrogens is 1. The molecule has 1 N–H and O–H groups in total. The van der Waals surface area contributed by atoms with Crippen LogP contribution in [-0.2, 0) is 11.3 Å². The molecule has 1 aliphatic heterocycles. The van der Waals surface area contributed by atoms with Gasteiger partial charge in [0, 0.05) is 60.4 Å². The lowest BCUT2D eigenvalue weighted by atomic mass is 9.98. The summed E-state index contributed by atoms with van der Waals surface area (Å²) in [6.07, 6.45) is 5.80. The van der Waals surface area contributed by atoms with Crippen molar-refractivity contribution in [2.45, 2.75) is 13.5 Å². The van der Waals surface area contributed by atoms with Crippen molar-refractivity contribution in [1.29, 1.82) is 0 Å². The van der Waals surface area contributed by atoms with Gasteiger partial charge in [-0.3, -0.25) is 14.9 Å². The number of hydrogen-bond donors (Lipinski definition) is 1. The number of benzene rings is 1. The van der Waals surface area contributed by atoms with Gasteiger partial charge in [0.05, 0.1) is 24.6 Å². The fourth-order valence-electron chi connectivity index (χ4n) is 4.71. The molecule has 0 atom stereocenters. The number of rotatable bonds is 5. The second-order valence-electron chi connectivity index (χ2n) is 9.01. The number of nitrogens with one attached hydrogen (secondary N) is 1. The number of aromatic nitrogens is 4. The maximum Gasteiger partial charge on any atom is 0.138 e. The number of fused-ring (bicyclic) bond motifs is 1. The summed E-state index contributed by atoms with van der Waals surface area (Å²) in [6.45, 7) is 6.52. The van der Waals surface area contributed by atoms with Crippen molar-refractivity contribution in [1.82, 2.24) is 24.8 Å². The van der Waals surface area contributed by atoms with Gasteiger partial charge in [0.25, 0.3) is 0 Å². The summed E-state index contributed by atoms with van der Waals surface area (Å²) in [5, 5.41) is 1.07. The van der Waals surface area contributed by atoms with E-state index in [-0.39, 0.29) is 0 Å². The molecule has 0 amide bonds. The molecule has 1 saturated heterocycles. The Morgan fingerprint density at radius 2 is 1.71 bits per heavy atom. The van der Waals surface area contributed by atoms with Crippen molar-refractivity contribution in [2.24, 2.45) is 0 Å². The van der Waals surface area contributed by atoms with Crippen LogP contribution in [0.4, 0.5) is 0 Å². The zero-order valence-corrected chi connectivity index (χ0v) is 19.7. The van der Waals surface area contributed by atoms with Gasteiger partial charge in [0.2, 0.25) is 0 Å². The summed E-state index contributed by atoms with van der Waals surface area (Å²) in [6, 6.07) is 21.2. The molecule has 0 bridgehead atoms. The first-order chi connectivity index (χ1) is 17.2. The minimum atomic E-state index is 0.811. The SMILES string of the molecule is Cc1cccc(-c2cc(-c3cncc(-c4cccc(CN5CCOCC5)c4)c3)c3cc[nH]c3n2)n1. The van der Waals surface area contributed by atoms with Gasteiger partial charge in [-0.25, -0.2) is 4.98 Å². The Hall–Kier alpha value is -3.87. The van der Waals surface area contributed by atoms with Crippen LogP contribution in [-0.4, -0.2) is 51.1 Å². The molecule has 1 aliphatic rings. The Labute approximate surface area is 204 Å². The summed E-state index contributed by atoms with van der Waals surface area (Å²) in [7, 11) is 0. The Balaban J connectivity index is 1.38. The van der Waals surface area contributed by atoms with E-state index in [1.165, 1.54) is 11.1 Å². The van der Waals surface area contributed by atoms with E-state index in [1.807, 2.05) is 43.7 Å². The van der Waals surface area contributed by atoms with Crippen molar-refractivity contribution in [3.63, 3.8) is 0 Å². The van der Waals surface area contributed by atoms with Crippen LogP contribution < -0.4 is 0 Å². The standard InChI is InChI=1S/C29H27N5O/c1-20-4-2-7-27(32-20)28-16-26(25-8-9-31-29(25)33-28)24-15-23(17-30-18-24)22-6-3-5-21(14-22)19-34-10-12-35-13-11-34/h2-9,14-18H,10-13,19H2,1H3,(H,31,33). The highest BCUT2D eigenvalue weighted by Gasteiger charge is 2.14. The quantitative estimate of drug-likeness (QED) is 0.375. The fourth-order valence-corrected chi connectivity index (χ4v) is 4.71. The van der Waals surface area contributed by atoms with Crippen LogP contribution >= 0.6 is 0 Å². The molecule has 0 spiro atoms. The van der Waals surface area contributed by atoms with Gasteiger partial charge in [-0.15, -0.1) is 0 Å². The fraction of sp³-hybridized carbons (Fsp3) is 0.207. The molecule has 174 valence electrons. The number of pyridine rings is 3. The van der Waals surface area contributed by atoms with Gasteiger partial charge < -0.3 is 9.72 Å². The summed E-state index contributed by atoms with van der Waals surface area (Å²) in [5.74, 6) is 0. The molecule has 6 heteroatoms. The summed E-state index contributed by atoms with van der Waals surface area (Å²) in [5.41, 5.74) is 9.25. The largest absolute Gasteiger partial charge is 0.379 e. The molecular formula is C29H27N5O. The molecule has 6 rings (SSSR count). The van der Waals surface area contributed by atoms with E-state index in [2.05, 4.69) is 62.3 Å². The molecule has 0 unspecified atom stereocenters. The molecule has 5 heterocycles. The van der Waals surface area contributed by atoms with Crippen LogP contribution in [0.1, 0.15) is 11.3 Å². The molecule has 1 aromatic carbocycles. The molecule has 0 aliphatic carbocycles. The maximum atomic E-state index is 5.49. The molecule has 35 heavy (non-hydrogen) atoms. The van der Waals surface area contributed by atoms with Crippen molar-refractivity contribution in [2.75, 3.05) is 26.3 Å². The minimum Gasteiger partial charge on any atom is -0.379 e. The lowest BCUT2D eigenvalue weighted by Crippen LogP contribution is -2.35. The van der Waals surface area contributed by atoms with E-state index < -0.39 is 0 Å². The summed E-state index contributed by atoms with van der Waals surface area (Å²) < 4.78 is 5.49. The van der Waals surface area contributed by atoms with Crippen molar-refractivity contribution >= 4 is 11.0 Å². The van der Waals surface area contributed by atoms with Gasteiger partial charge in [-0.2, -0.15) is 0 Å². The molecule has 0 radical (unpaired) electrons. The average Bonchev–Trinajstić information content (AvgIpc) is 3.38. The van der Waals surface area contributed by atoms with Crippen molar-refractivity contribution in [3.05, 3.63) is 90.5 Å². The van der Waals surface area contributed by atoms with Crippen molar-refractivity contribution in [3.8, 4) is 33.6 Å². The number of aromatic amines is 1. The van der Waals surface area contributed by atoms with E-state index in [9.17, 15) is 0 Å². The second-order valence-corrected chi connectivity index (χ2v) is 9.01. The third kappa shape index (κ3) is 4.58. The summed E-state index contributed by atoms with van der Waals surface area (Å²) >= 11 is 0. The minimum absolute atomic E-state index is 0.811. The Morgan fingerprint density at radius 3 is 2.60 bits per heavy atom. The van der Waals surface area contributed by atoms with Gasteiger partial charge in [0.15, 0.2) is 0 Å². The first kappa shape index (κ1) is 21.6. The van der Waals surface area contributed by atoms with E-state index in [0.717, 1.165) is 77.7 Å². The Morgan fingerprint density at radius 1 is 0.857 bits per heavy atom. The normalized spacial score (nSPS) is 14.4. The number of aryl methyl sites for hydroxylation is 1. The van der Waals surface area contributed by atoms with Crippen LogP contribution in [0.3, 0.4) is 0 Å². The van der Waals surface area contributed by atoms with Crippen molar-refractivity contribution < 1.29 is 4.74 Å².